The molecular formula is C20H16ClF3N2O3S2. The minimum absolute atomic E-state index is 0.0756. The fourth-order valence-corrected chi connectivity index (χ4v) is 7.78. The molecule has 0 saturated carbocycles. The topological polar surface area (TPSA) is 66.8 Å². The second-order valence-electron chi connectivity index (χ2n) is 7.27. The molecule has 0 bridgehead atoms. The molecule has 164 valence electrons. The van der Waals surface area contributed by atoms with Crippen molar-refractivity contribution >= 4 is 50.0 Å². The van der Waals surface area contributed by atoms with Gasteiger partial charge in [-0.2, -0.15) is 18.2 Å². The van der Waals surface area contributed by atoms with Crippen LogP contribution >= 0.6 is 23.4 Å². The third-order valence-electron chi connectivity index (χ3n) is 5.04. The molecule has 5 nitrogen and oxygen atoms in total. The summed E-state index contributed by atoms with van der Waals surface area (Å²) in [5, 5.41) is 0.195. The Labute approximate surface area is 186 Å². The lowest BCUT2D eigenvalue weighted by atomic mass is 10.1. The van der Waals surface area contributed by atoms with Gasteiger partial charge < -0.3 is 4.90 Å². The van der Waals surface area contributed by atoms with Crippen LogP contribution in [0.1, 0.15) is 11.1 Å². The lowest BCUT2D eigenvalue weighted by Crippen LogP contribution is -2.38. The molecule has 4 rings (SSSR count). The van der Waals surface area contributed by atoms with Gasteiger partial charge in [0.1, 0.15) is 0 Å². The lowest BCUT2D eigenvalue weighted by molar-refractivity contribution is -0.137. The lowest BCUT2D eigenvalue weighted by Gasteiger charge is -2.25. The Bertz CT molecular complexity index is 1170. The third-order valence-corrected chi connectivity index (χ3v) is 8.62. The van der Waals surface area contributed by atoms with Crippen LogP contribution in [0.3, 0.4) is 0 Å². The van der Waals surface area contributed by atoms with Crippen LogP contribution in [-0.2, 0) is 27.2 Å². The van der Waals surface area contributed by atoms with E-state index in [9.17, 15) is 26.4 Å². The van der Waals surface area contributed by atoms with Gasteiger partial charge in [0.25, 0.3) is 5.91 Å². The van der Waals surface area contributed by atoms with Gasteiger partial charge in [0.2, 0.25) is 0 Å². The average Bonchev–Trinajstić information content (AvgIpc) is 3.13. The zero-order valence-electron chi connectivity index (χ0n) is 15.8. The minimum atomic E-state index is -4.55. The molecule has 2 fully saturated rings. The van der Waals surface area contributed by atoms with E-state index >= 15 is 0 Å². The van der Waals surface area contributed by atoms with Crippen LogP contribution in [0.2, 0.25) is 5.02 Å². The van der Waals surface area contributed by atoms with Crippen LogP contribution in [0.4, 0.5) is 18.9 Å². The van der Waals surface area contributed by atoms with Gasteiger partial charge in [0.05, 0.1) is 29.5 Å². The first-order chi connectivity index (χ1) is 14.5. The summed E-state index contributed by atoms with van der Waals surface area (Å²) in [6.45, 7) is 0. The first-order valence-electron chi connectivity index (χ1n) is 9.22. The van der Waals surface area contributed by atoms with Crippen molar-refractivity contribution in [1.29, 1.82) is 0 Å². The largest absolute Gasteiger partial charge is 0.416 e. The number of nitrogens with zero attached hydrogens (tertiary/aromatic N) is 2. The number of thioether (sulfide) groups is 1. The molecule has 0 unspecified atom stereocenters. The van der Waals surface area contributed by atoms with Crippen molar-refractivity contribution in [1.82, 2.24) is 0 Å². The van der Waals surface area contributed by atoms with E-state index in [2.05, 4.69) is 4.99 Å². The smallest absolute Gasteiger partial charge is 0.316 e. The Hall–Kier alpha value is -2.04. The highest BCUT2D eigenvalue weighted by atomic mass is 35.5. The number of benzene rings is 2. The molecule has 11 heteroatoms. The zero-order valence-corrected chi connectivity index (χ0v) is 18.2. The Kier molecular flexibility index (Phi) is 5.82. The molecule has 2 saturated heterocycles. The molecule has 31 heavy (non-hydrogen) atoms. The van der Waals surface area contributed by atoms with Gasteiger partial charge >= 0.3 is 6.18 Å². The van der Waals surface area contributed by atoms with E-state index < -0.39 is 38.8 Å². The maximum absolute atomic E-state index is 13.2. The predicted molar refractivity (Wildman–Crippen MR) is 115 cm³/mol. The predicted octanol–water partition coefficient (Wildman–Crippen LogP) is 4.20. The number of alkyl halides is 3. The van der Waals surface area contributed by atoms with Crippen LogP contribution in [-0.4, -0.2) is 42.3 Å². The fourth-order valence-electron chi connectivity index (χ4n) is 3.65. The van der Waals surface area contributed by atoms with Gasteiger partial charge in [-0.25, -0.2) is 8.42 Å². The molecule has 0 spiro atoms. The van der Waals surface area contributed by atoms with Crippen molar-refractivity contribution in [2.75, 3.05) is 16.4 Å². The Balaban J connectivity index is 1.69. The highest BCUT2D eigenvalue weighted by Gasteiger charge is 2.49. The molecule has 2 aliphatic heterocycles. The number of hydrogen-bond donors (Lipinski definition) is 0. The number of fused-ring (bicyclic) bond motifs is 1. The summed E-state index contributed by atoms with van der Waals surface area (Å²) in [5.74, 6) is -0.843. The molecule has 2 atom stereocenters. The van der Waals surface area contributed by atoms with Gasteiger partial charge in [-0.15, -0.1) is 0 Å². The van der Waals surface area contributed by atoms with Gasteiger partial charge in [0, 0.05) is 16.0 Å². The summed E-state index contributed by atoms with van der Waals surface area (Å²) in [6, 6.07) is 10.8. The first-order valence-corrected chi connectivity index (χ1v) is 12.3. The van der Waals surface area contributed by atoms with Crippen LogP contribution in [0.5, 0.6) is 0 Å². The Morgan fingerprint density at radius 3 is 2.61 bits per heavy atom. The maximum Gasteiger partial charge on any atom is 0.416 e. The van der Waals surface area contributed by atoms with Crippen molar-refractivity contribution < 1.29 is 26.4 Å². The summed E-state index contributed by atoms with van der Waals surface area (Å²) in [7, 11) is -3.33. The molecule has 2 aliphatic rings. The van der Waals surface area contributed by atoms with Gasteiger partial charge in [-0.1, -0.05) is 47.6 Å². The summed E-state index contributed by atoms with van der Waals surface area (Å²) < 4.78 is 63.9. The zero-order chi connectivity index (χ0) is 22.4. The van der Waals surface area contributed by atoms with Crippen LogP contribution in [0.25, 0.3) is 0 Å². The van der Waals surface area contributed by atoms with E-state index in [1.54, 1.807) is 24.3 Å². The first kappa shape index (κ1) is 22.2. The summed E-state index contributed by atoms with van der Waals surface area (Å²) in [5.41, 5.74) is -0.132. The van der Waals surface area contributed by atoms with E-state index in [1.807, 2.05) is 0 Å². The van der Waals surface area contributed by atoms with Gasteiger partial charge in [-0.05, 0) is 29.8 Å². The number of aliphatic imine (C=N–C) groups is 1. The summed E-state index contributed by atoms with van der Waals surface area (Å²) in [4.78, 5) is 18.2. The highest BCUT2D eigenvalue weighted by Crippen LogP contribution is 2.42. The number of carbonyl (C=O) groups excluding carboxylic acids is 1. The summed E-state index contributed by atoms with van der Waals surface area (Å²) >= 11 is 7.19. The number of sulfone groups is 1. The number of amidine groups is 1. The number of halogens is 4. The molecule has 1 amide bonds. The Morgan fingerprint density at radius 2 is 1.90 bits per heavy atom. The molecule has 0 N–H and O–H groups in total. The molecule has 2 aromatic carbocycles. The number of carbonyl (C=O) groups is 1. The van der Waals surface area contributed by atoms with Crippen LogP contribution in [0.15, 0.2) is 53.5 Å². The minimum Gasteiger partial charge on any atom is -0.316 e. The third kappa shape index (κ3) is 4.75. The highest BCUT2D eigenvalue weighted by molar-refractivity contribution is 8.16. The van der Waals surface area contributed by atoms with Crippen molar-refractivity contribution in [2.45, 2.75) is 23.9 Å². The molecule has 2 aromatic rings. The van der Waals surface area contributed by atoms with Crippen molar-refractivity contribution in [3.8, 4) is 0 Å². The second kappa shape index (κ2) is 8.14. The van der Waals surface area contributed by atoms with Crippen LogP contribution in [0, 0.1) is 0 Å². The van der Waals surface area contributed by atoms with Crippen molar-refractivity contribution in [3.05, 3.63) is 64.7 Å². The van der Waals surface area contributed by atoms with E-state index in [1.165, 1.54) is 17.0 Å². The van der Waals surface area contributed by atoms with E-state index in [0.29, 0.717) is 10.6 Å². The fraction of sp³-hybridized carbons (Fsp3) is 0.300. The monoisotopic (exact) mass is 488 g/mol. The second-order valence-corrected chi connectivity index (χ2v) is 11.0. The van der Waals surface area contributed by atoms with Crippen molar-refractivity contribution in [3.63, 3.8) is 0 Å². The van der Waals surface area contributed by atoms with Crippen LogP contribution < -0.4 is 4.90 Å². The van der Waals surface area contributed by atoms with Gasteiger partial charge in [0.15, 0.2) is 15.0 Å². The molecule has 0 radical (unpaired) electrons. The quantitative estimate of drug-likeness (QED) is 0.647. The molecule has 2 heterocycles. The van der Waals surface area contributed by atoms with E-state index in [4.69, 9.17) is 11.6 Å². The number of rotatable bonds is 3. The number of amides is 1. The summed E-state index contributed by atoms with van der Waals surface area (Å²) in [6.07, 6.45) is -4.63. The van der Waals surface area contributed by atoms with Gasteiger partial charge in [-0.3, -0.25) is 4.79 Å². The Morgan fingerprint density at radius 1 is 1.16 bits per heavy atom. The van der Waals surface area contributed by atoms with Crippen molar-refractivity contribution in [2.24, 2.45) is 4.99 Å². The standard InChI is InChI=1S/C20H16ClF3N2O3S2/c21-15-7-2-1-4-12(15)8-18(27)25-19-26(16-10-31(28,29)11-17(16)30-19)14-6-3-5-13(9-14)20(22,23)24/h1-7,9,16-17H,8,10-11H2/t16-,17+/m1/s1. The van der Waals surface area contributed by atoms with E-state index in [-0.39, 0.29) is 28.8 Å². The van der Waals surface area contributed by atoms with E-state index in [0.717, 1.165) is 23.9 Å². The SMILES string of the molecule is O=C(Cc1ccccc1Cl)N=C1S[C@H]2CS(=O)(=O)C[C@H]2N1c1cccc(C(F)(F)F)c1. The molecular weight excluding hydrogens is 473 g/mol. The average molecular weight is 489 g/mol. The number of hydrogen-bond acceptors (Lipinski definition) is 4. The normalized spacial score (nSPS) is 23.9. The molecule has 0 aliphatic carbocycles. The maximum atomic E-state index is 13.2. The number of anilines is 1. The molecule has 0 aromatic heterocycles.